The predicted octanol–water partition coefficient (Wildman–Crippen LogP) is 9.59. The fraction of sp³-hybridized carbons (Fsp3) is 0.525. The number of anilines is 2. The van der Waals surface area contributed by atoms with Crippen molar-refractivity contribution in [1.29, 1.82) is 0 Å². The maximum atomic E-state index is 13.7. The highest BCUT2D eigenvalue weighted by Crippen LogP contribution is 2.45. The van der Waals surface area contributed by atoms with Crippen molar-refractivity contribution in [3.63, 3.8) is 0 Å². The van der Waals surface area contributed by atoms with E-state index in [1.165, 1.54) is 90.6 Å². The standard InChI is InChI=1S/C29H35FN6O3.C28H34FN5O2.C2H3ClO/c1-19(37)33-14-16-34(17-15-33)22-10-12-35(13-11-22)25-18-24(29(38)39-2)31-28-26(25)27(20-4-3-5-20)32-36(28)23-8-6-21(30)7-9-23;1-36-28(35)23-18-24(33-16-12-21(13-17-33)32-14-3-2-4-15-32)25-26(19-6-5-7-19)31-34(27(25)30-23)22-10-8-20(29)9-11-22;1-2(3)4/h6-9,18,20,22H,3-5,10-17H2,1-2H3;8-11,18-19,21H,2-7,12-17H2,1H3;1H3. The minimum atomic E-state index is -0.492. The molecule has 1 amide bonds. The first-order valence-corrected chi connectivity index (χ1v) is 28.6. The molecule has 0 N–H and O–H groups in total. The van der Waals surface area contributed by atoms with Gasteiger partial charge in [-0.25, -0.2) is 37.7 Å². The number of halogens is 3. The smallest absolute Gasteiger partial charge is 0.356 e. The third kappa shape index (κ3) is 12.3. The monoisotopic (exact) mass is 1100 g/mol. The summed E-state index contributed by atoms with van der Waals surface area (Å²) in [5, 5.41) is 11.7. The third-order valence-corrected chi connectivity index (χ3v) is 17.0. The summed E-state index contributed by atoms with van der Waals surface area (Å²) in [6, 6.07) is 17.4. The number of carbonyl (C=O) groups excluding carboxylic acids is 4. The van der Waals surface area contributed by atoms with Crippen LogP contribution in [-0.2, 0) is 19.1 Å². The Hall–Kier alpha value is -6.57. The van der Waals surface area contributed by atoms with Gasteiger partial charge in [0.25, 0.3) is 0 Å². The molecule has 17 nitrogen and oxygen atoms in total. The molecule has 2 aliphatic carbocycles. The highest BCUT2D eigenvalue weighted by atomic mass is 35.5. The molecule has 2 saturated carbocycles. The lowest BCUT2D eigenvalue weighted by Gasteiger charge is -2.43. The lowest BCUT2D eigenvalue weighted by atomic mass is 9.82. The molecule has 8 heterocycles. The van der Waals surface area contributed by atoms with E-state index in [4.69, 9.17) is 29.6 Å². The molecule has 20 heteroatoms. The molecule has 6 fully saturated rings. The Balaban J connectivity index is 0.000000167. The number of hydrogen-bond acceptors (Lipinski definition) is 14. The predicted molar refractivity (Wildman–Crippen MR) is 300 cm³/mol. The van der Waals surface area contributed by atoms with E-state index in [-0.39, 0.29) is 34.2 Å². The first-order valence-electron chi connectivity index (χ1n) is 28.2. The molecule has 0 unspecified atom stereocenters. The Bertz CT molecular complexity index is 3130. The van der Waals surface area contributed by atoms with Crippen LogP contribution in [0.15, 0.2) is 60.7 Å². The van der Waals surface area contributed by atoms with Gasteiger partial charge in [-0.2, -0.15) is 10.2 Å². The maximum absolute atomic E-state index is 13.7. The topological polar surface area (TPSA) is 164 Å². The largest absolute Gasteiger partial charge is 0.464 e. The first-order chi connectivity index (χ1) is 38.3. The molecule has 0 bridgehead atoms. The lowest BCUT2D eigenvalue weighted by Crippen LogP contribution is -2.54. The van der Waals surface area contributed by atoms with Crippen molar-refractivity contribution < 1.29 is 37.4 Å². The summed E-state index contributed by atoms with van der Waals surface area (Å²) in [4.78, 5) is 67.7. The molecular formula is C59H72ClF2N11O6. The average molecular weight is 1100 g/mol. The second-order valence-corrected chi connectivity index (χ2v) is 22.3. The van der Waals surface area contributed by atoms with E-state index >= 15 is 0 Å². The average Bonchev–Trinajstić information content (AvgIpc) is 4.18. The highest BCUT2D eigenvalue weighted by Gasteiger charge is 2.35. The molecule has 0 spiro atoms. The normalized spacial score (nSPS) is 19.0. The maximum Gasteiger partial charge on any atom is 0.356 e. The van der Waals surface area contributed by atoms with Crippen LogP contribution in [0.2, 0.25) is 0 Å². The van der Waals surface area contributed by atoms with Crippen LogP contribution in [0.1, 0.15) is 142 Å². The van der Waals surface area contributed by atoms with E-state index in [9.17, 15) is 28.0 Å². The summed E-state index contributed by atoms with van der Waals surface area (Å²) in [7, 11) is 2.75. The number of benzene rings is 2. The molecule has 4 saturated heterocycles. The molecule has 4 aliphatic heterocycles. The fourth-order valence-corrected chi connectivity index (χ4v) is 12.3. The second-order valence-electron chi connectivity index (χ2n) is 21.8. The lowest BCUT2D eigenvalue weighted by molar-refractivity contribution is -0.131. The van der Waals surface area contributed by atoms with E-state index in [1.807, 2.05) is 17.0 Å². The van der Waals surface area contributed by atoms with Gasteiger partial charge in [-0.15, -0.1) is 0 Å². The Morgan fingerprint density at radius 2 is 0.899 bits per heavy atom. The molecular weight excluding hydrogens is 1030 g/mol. The highest BCUT2D eigenvalue weighted by molar-refractivity contribution is 6.62. The number of fused-ring (bicyclic) bond motifs is 2. The molecule has 420 valence electrons. The Kier molecular flexibility index (Phi) is 17.5. The molecule has 4 aromatic heterocycles. The zero-order chi connectivity index (χ0) is 55.3. The fourth-order valence-electron chi connectivity index (χ4n) is 12.3. The number of carbonyl (C=O) groups is 4. The van der Waals surface area contributed by atoms with E-state index in [0.717, 1.165) is 143 Å². The van der Waals surface area contributed by atoms with Crippen LogP contribution in [0.25, 0.3) is 33.4 Å². The van der Waals surface area contributed by atoms with Gasteiger partial charge in [0, 0.05) is 90.1 Å². The van der Waals surface area contributed by atoms with Crippen LogP contribution < -0.4 is 9.80 Å². The van der Waals surface area contributed by atoms with Crippen molar-refractivity contribution >= 4 is 68.1 Å². The number of hydrogen-bond donors (Lipinski definition) is 0. The van der Waals surface area contributed by atoms with Crippen LogP contribution in [-0.4, -0.2) is 159 Å². The Morgan fingerprint density at radius 3 is 1.24 bits per heavy atom. The molecule has 2 aromatic carbocycles. The third-order valence-electron chi connectivity index (χ3n) is 17.0. The summed E-state index contributed by atoms with van der Waals surface area (Å²) in [6.45, 7) is 12.3. The zero-order valence-electron chi connectivity index (χ0n) is 45.8. The van der Waals surface area contributed by atoms with Gasteiger partial charge in [0.1, 0.15) is 11.6 Å². The number of nitrogens with zero attached hydrogens (tertiary/aromatic N) is 11. The van der Waals surface area contributed by atoms with Crippen LogP contribution in [0.4, 0.5) is 20.2 Å². The van der Waals surface area contributed by atoms with Gasteiger partial charge in [0.15, 0.2) is 22.7 Å². The van der Waals surface area contributed by atoms with Crippen LogP contribution in [0.3, 0.4) is 0 Å². The quantitative estimate of drug-likeness (QED) is 0.0941. The van der Waals surface area contributed by atoms with Gasteiger partial charge < -0.3 is 29.1 Å². The number of amides is 1. The number of ether oxygens (including phenoxy) is 2. The van der Waals surface area contributed by atoms with Crippen molar-refractivity contribution in [2.45, 2.75) is 121 Å². The molecule has 6 aromatic rings. The van der Waals surface area contributed by atoms with Gasteiger partial charge >= 0.3 is 11.9 Å². The number of aromatic nitrogens is 6. The minimum Gasteiger partial charge on any atom is -0.464 e. The zero-order valence-corrected chi connectivity index (χ0v) is 46.6. The van der Waals surface area contributed by atoms with E-state index < -0.39 is 11.9 Å². The molecule has 0 atom stereocenters. The van der Waals surface area contributed by atoms with E-state index in [0.29, 0.717) is 40.9 Å². The van der Waals surface area contributed by atoms with Crippen molar-refractivity contribution in [2.75, 3.05) is 89.5 Å². The number of likely N-dealkylation sites (tertiary alicyclic amines) is 1. The summed E-state index contributed by atoms with van der Waals surface area (Å²) in [5.74, 6) is -0.694. The van der Waals surface area contributed by atoms with Gasteiger partial charge in [-0.05, 0) is 150 Å². The van der Waals surface area contributed by atoms with Gasteiger partial charge in [0.05, 0.1) is 59.1 Å². The number of pyridine rings is 2. The number of piperazine rings is 1. The number of esters is 2. The van der Waals surface area contributed by atoms with Crippen molar-refractivity contribution in [3.05, 3.63) is 95.1 Å². The minimum absolute atomic E-state index is 0.149. The summed E-state index contributed by atoms with van der Waals surface area (Å²) < 4.78 is 41.1. The van der Waals surface area contributed by atoms with Crippen LogP contribution in [0, 0.1) is 11.6 Å². The first kappa shape index (κ1) is 55.7. The van der Waals surface area contributed by atoms with Crippen molar-refractivity contribution in [3.8, 4) is 11.4 Å². The molecule has 6 aliphatic rings. The molecule has 12 rings (SSSR count). The molecule has 0 radical (unpaired) electrons. The number of rotatable bonds is 10. The molecule has 79 heavy (non-hydrogen) atoms. The Labute approximate surface area is 465 Å². The summed E-state index contributed by atoms with van der Waals surface area (Å²) in [6.07, 6.45) is 14.9. The van der Waals surface area contributed by atoms with Gasteiger partial charge in [-0.1, -0.05) is 19.3 Å². The number of methoxy groups -OCH3 is 2. The summed E-state index contributed by atoms with van der Waals surface area (Å²) in [5.41, 5.74) is 7.23. The Morgan fingerprint density at radius 1 is 0.519 bits per heavy atom. The summed E-state index contributed by atoms with van der Waals surface area (Å²) >= 11 is 4.64. The van der Waals surface area contributed by atoms with Gasteiger partial charge in [-0.3, -0.25) is 14.5 Å². The SMILES string of the molecule is CC(=O)Cl.COC(=O)c1cc(N2CCC(N3CCCCC3)CC2)c2c(C3CCC3)nn(-c3ccc(F)cc3)c2n1.COC(=O)c1cc(N2CCC(N3CCN(C(C)=O)CC3)CC2)c2c(C3CCC3)nn(-c3ccc(F)cc3)c2n1. The van der Waals surface area contributed by atoms with E-state index in [1.54, 1.807) is 40.6 Å². The van der Waals surface area contributed by atoms with Crippen LogP contribution in [0.5, 0.6) is 0 Å². The van der Waals surface area contributed by atoms with Crippen molar-refractivity contribution in [2.24, 2.45) is 0 Å². The van der Waals surface area contributed by atoms with E-state index in [2.05, 4.69) is 31.2 Å². The number of piperidine rings is 3. The van der Waals surface area contributed by atoms with Crippen LogP contribution >= 0.6 is 11.6 Å². The van der Waals surface area contributed by atoms with Crippen molar-refractivity contribution in [1.82, 2.24) is 44.2 Å². The van der Waals surface area contributed by atoms with Gasteiger partial charge in [0.2, 0.25) is 11.1 Å². The second kappa shape index (κ2) is 24.8.